The van der Waals surface area contributed by atoms with Crippen molar-refractivity contribution in [2.75, 3.05) is 18.0 Å². The fourth-order valence-electron chi connectivity index (χ4n) is 4.36. The van der Waals surface area contributed by atoms with Crippen molar-refractivity contribution in [2.45, 2.75) is 64.1 Å². The maximum atomic E-state index is 14.2. The van der Waals surface area contributed by atoms with Gasteiger partial charge in [-0.3, -0.25) is 13.9 Å². The number of carbonyl (C=O) groups is 2. The van der Waals surface area contributed by atoms with Crippen LogP contribution in [-0.4, -0.2) is 50.9 Å². The fourth-order valence-corrected chi connectivity index (χ4v) is 6.22. The molecule has 0 bridgehead atoms. The average Bonchev–Trinajstić information content (AvgIpc) is 2.97. The number of anilines is 1. The molecule has 0 saturated heterocycles. The summed E-state index contributed by atoms with van der Waals surface area (Å²) < 4.78 is 34.3. The van der Waals surface area contributed by atoms with Crippen LogP contribution in [0.5, 0.6) is 5.75 Å². The number of hydrogen-bond acceptors (Lipinski definition) is 5. The molecule has 3 aromatic rings. The molecule has 0 aliphatic rings. The van der Waals surface area contributed by atoms with Crippen molar-refractivity contribution >= 4 is 50.7 Å². The number of benzene rings is 3. The summed E-state index contributed by atoms with van der Waals surface area (Å²) in [5.74, 6) is -0.321. The lowest BCUT2D eigenvalue weighted by Crippen LogP contribution is -2.53. The molecule has 0 radical (unpaired) electrons. The molecule has 0 aromatic heterocycles. The quantitative estimate of drug-likeness (QED) is 0.241. The molecule has 0 spiro atoms. The van der Waals surface area contributed by atoms with Crippen LogP contribution in [0.3, 0.4) is 0 Å². The number of sulfonamides is 1. The number of hydrogen-bond donors (Lipinski definition) is 1. The predicted molar refractivity (Wildman–Crippen MR) is 168 cm³/mol. The third-order valence-electron chi connectivity index (χ3n) is 6.94. The Balaban J connectivity index is 2.11. The van der Waals surface area contributed by atoms with Crippen molar-refractivity contribution in [1.29, 1.82) is 0 Å². The van der Waals surface area contributed by atoms with Crippen LogP contribution in [0, 0.1) is 6.92 Å². The Hall–Kier alpha value is -3.27. The molecule has 1 N–H and O–H groups in total. The molecule has 3 rings (SSSR count). The average molecular weight is 635 g/mol. The minimum Gasteiger partial charge on any atom is -0.497 e. The van der Waals surface area contributed by atoms with Crippen molar-refractivity contribution in [1.82, 2.24) is 10.2 Å². The van der Waals surface area contributed by atoms with Gasteiger partial charge in [0.1, 0.15) is 18.3 Å². The van der Waals surface area contributed by atoms with Gasteiger partial charge in [-0.15, -0.1) is 0 Å². The van der Waals surface area contributed by atoms with Gasteiger partial charge >= 0.3 is 0 Å². The number of halogens is 2. The van der Waals surface area contributed by atoms with E-state index in [2.05, 4.69) is 5.32 Å². The minimum absolute atomic E-state index is 0.0159. The van der Waals surface area contributed by atoms with E-state index in [1.165, 1.54) is 35.2 Å². The van der Waals surface area contributed by atoms with Gasteiger partial charge in [0.15, 0.2) is 0 Å². The number of amides is 2. The Labute approximate surface area is 258 Å². The molecule has 3 aromatic carbocycles. The van der Waals surface area contributed by atoms with E-state index in [1.54, 1.807) is 44.4 Å². The van der Waals surface area contributed by atoms with Crippen LogP contribution < -0.4 is 14.4 Å². The first-order valence-electron chi connectivity index (χ1n) is 13.7. The summed E-state index contributed by atoms with van der Waals surface area (Å²) in [6, 6.07) is 16.9. The third kappa shape index (κ3) is 8.18. The van der Waals surface area contributed by atoms with Gasteiger partial charge in [-0.2, -0.15) is 0 Å². The van der Waals surface area contributed by atoms with Gasteiger partial charge in [-0.1, -0.05) is 66.9 Å². The molecule has 226 valence electrons. The fraction of sp³-hybridized carbons (Fsp3) is 0.355. The Morgan fingerprint density at radius 1 is 0.976 bits per heavy atom. The molecule has 42 heavy (non-hydrogen) atoms. The molecule has 2 atom stereocenters. The zero-order chi connectivity index (χ0) is 31.0. The number of ether oxygens (including phenoxy) is 1. The number of methoxy groups -OCH3 is 1. The molecule has 2 unspecified atom stereocenters. The topological polar surface area (TPSA) is 96.0 Å². The van der Waals surface area contributed by atoms with Crippen LogP contribution in [0.2, 0.25) is 10.0 Å². The van der Waals surface area contributed by atoms with Gasteiger partial charge in [0.25, 0.3) is 10.0 Å². The highest BCUT2D eigenvalue weighted by Crippen LogP contribution is 2.33. The first-order chi connectivity index (χ1) is 19.9. The lowest BCUT2D eigenvalue weighted by Gasteiger charge is -2.34. The van der Waals surface area contributed by atoms with Crippen molar-refractivity contribution < 1.29 is 22.7 Å². The monoisotopic (exact) mass is 633 g/mol. The highest BCUT2D eigenvalue weighted by Gasteiger charge is 2.34. The zero-order valence-corrected chi connectivity index (χ0v) is 26.8. The second-order valence-electron chi connectivity index (χ2n) is 10.0. The number of carbonyl (C=O) groups excluding carboxylic acids is 2. The van der Waals surface area contributed by atoms with Crippen molar-refractivity contribution in [3.05, 3.63) is 87.9 Å². The Morgan fingerprint density at radius 3 is 2.29 bits per heavy atom. The van der Waals surface area contributed by atoms with Crippen LogP contribution in [-0.2, 0) is 26.2 Å². The van der Waals surface area contributed by atoms with Gasteiger partial charge < -0.3 is 15.0 Å². The Morgan fingerprint density at radius 2 is 1.67 bits per heavy atom. The van der Waals surface area contributed by atoms with Crippen molar-refractivity contribution in [3.63, 3.8) is 0 Å². The molecule has 0 aliphatic carbocycles. The number of nitrogens with one attached hydrogen (secondary N) is 1. The first kappa shape index (κ1) is 33.2. The van der Waals surface area contributed by atoms with E-state index in [-0.39, 0.29) is 39.1 Å². The summed E-state index contributed by atoms with van der Waals surface area (Å²) in [4.78, 5) is 29.0. The van der Waals surface area contributed by atoms with E-state index >= 15 is 0 Å². The van der Waals surface area contributed by atoms with E-state index < -0.39 is 28.5 Å². The molecule has 0 fully saturated rings. The van der Waals surface area contributed by atoms with Crippen LogP contribution in [0.15, 0.2) is 71.6 Å². The molecular weight excluding hydrogens is 597 g/mol. The molecule has 0 saturated carbocycles. The van der Waals surface area contributed by atoms with Crippen LogP contribution >= 0.6 is 23.2 Å². The van der Waals surface area contributed by atoms with Crippen LogP contribution in [0.25, 0.3) is 0 Å². The van der Waals surface area contributed by atoms with Gasteiger partial charge in [0.2, 0.25) is 11.8 Å². The SMILES string of the molecule is CCC(C)NC(=O)C(CC)N(Cc1cccc(OC)c1)C(=O)CN(c1cc(Cl)ccc1Cl)S(=O)(=O)c1ccc(C)cc1. The van der Waals surface area contributed by atoms with E-state index in [0.29, 0.717) is 24.2 Å². The van der Waals surface area contributed by atoms with E-state index in [9.17, 15) is 18.0 Å². The van der Waals surface area contributed by atoms with Crippen LogP contribution in [0.1, 0.15) is 44.7 Å². The highest BCUT2D eigenvalue weighted by atomic mass is 35.5. The van der Waals surface area contributed by atoms with Crippen LogP contribution in [0.4, 0.5) is 5.69 Å². The number of rotatable bonds is 13. The maximum absolute atomic E-state index is 14.2. The second kappa shape index (κ2) is 14.8. The van der Waals surface area contributed by atoms with Gasteiger partial charge in [-0.05, 0) is 74.7 Å². The summed E-state index contributed by atoms with van der Waals surface area (Å²) >= 11 is 12.7. The van der Waals surface area contributed by atoms with E-state index in [1.807, 2.05) is 26.8 Å². The smallest absolute Gasteiger partial charge is 0.264 e. The molecule has 0 heterocycles. The van der Waals surface area contributed by atoms with Gasteiger partial charge in [0, 0.05) is 17.6 Å². The standard InChI is InChI=1S/C31H37Cl2N3O5S/c1-6-22(4)34-31(38)28(7-2)35(19-23-9-8-10-25(17-23)41-5)30(37)20-36(29-18-24(32)13-16-27(29)33)42(39,40)26-14-11-21(3)12-15-26/h8-18,22,28H,6-7,19-20H2,1-5H3,(H,34,38). The molecular formula is C31H37Cl2N3O5S. The Bertz CT molecular complexity index is 1500. The Kier molecular flexibility index (Phi) is 11.7. The lowest BCUT2D eigenvalue weighted by molar-refractivity contribution is -0.140. The van der Waals surface area contributed by atoms with E-state index in [0.717, 1.165) is 9.87 Å². The molecule has 2 amide bonds. The molecule has 0 aliphatic heterocycles. The van der Waals surface area contributed by atoms with Crippen molar-refractivity contribution in [3.8, 4) is 5.75 Å². The number of nitrogens with zero attached hydrogens (tertiary/aromatic N) is 2. The zero-order valence-electron chi connectivity index (χ0n) is 24.4. The largest absolute Gasteiger partial charge is 0.497 e. The third-order valence-corrected chi connectivity index (χ3v) is 9.27. The molecule has 8 nitrogen and oxygen atoms in total. The second-order valence-corrected chi connectivity index (χ2v) is 12.7. The summed E-state index contributed by atoms with van der Waals surface area (Å²) in [7, 11) is -2.73. The summed E-state index contributed by atoms with van der Waals surface area (Å²) in [6.07, 6.45) is 1.02. The minimum atomic E-state index is -4.28. The van der Waals surface area contributed by atoms with Gasteiger partial charge in [0.05, 0.1) is 22.7 Å². The lowest BCUT2D eigenvalue weighted by atomic mass is 10.1. The number of aryl methyl sites for hydroxylation is 1. The highest BCUT2D eigenvalue weighted by molar-refractivity contribution is 7.92. The summed E-state index contributed by atoms with van der Waals surface area (Å²) in [5, 5.41) is 3.31. The van der Waals surface area contributed by atoms with E-state index in [4.69, 9.17) is 27.9 Å². The van der Waals surface area contributed by atoms with Crippen molar-refractivity contribution in [2.24, 2.45) is 0 Å². The summed E-state index contributed by atoms with van der Waals surface area (Å²) in [6.45, 7) is 6.92. The predicted octanol–water partition coefficient (Wildman–Crippen LogP) is 6.23. The summed E-state index contributed by atoms with van der Waals surface area (Å²) in [5.41, 5.74) is 1.64. The maximum Gasteiger partial charge on any atom is 0.264 e. The first-order valence-corrected chi connectivity index (χ1v) is 15.9. The normalized spacial score (nSPS) is 12.7. The molecule has 11 heteroatoms. The van der Waals surface area contributed by atoms with Gasteiger partial charge in [-0.25, -0.2) is 8.42 Å².